The van der Waals surface area contributed by atoms with E-state index in [1.54, 1.807) is 14.2 Å². The van der Waals surface area contributed by atoms with E-state index in [0.29, 0.717) is 17.9 Å². The van der Waals surface area contributed by atoms with Gasteiger partial charge in [0.15, 0.2) is 11.5 Å². The summed E-state index contributed by atoms with van der Waals surface area (Å²) >= 11 is 0. The Morgan fingerprint density at radius 2 is 2.06 bits per heavy atom. The van der Waals surface area contributed by atoms with Crippen molar-refractivity contribution in [2.24, 2.45) is 5.84 Å². The fraction of sp³-hybridized carbons (Fsp3) is 0.333. The van der Waals surface area contributed by atoms with Crippen molar-refractivity contribution in [3.8, 4) is 23.8 Å². The van der Waals surface area contributed by atoms with Crippen LogP contribution in [-0.2, 0) is 6.42 Å². The largest absolute Gasteiger partial charge is 0.493 e. The number of nitrogens with two attached hydrogens (primary N) is 1. The predicted molar refractivity (Wildman–Crippen MR) is 63.2 cm³/mol. The van der Waals surface area contributed by atoms with Crippen LogP contribution in [0.25, 0.3) is 0 Å². The summed E-state index contributed by atoms with van der Waals surface area (Å²) in [5.41, 5.74) is 3.60. The fourth-order valence-corrected chi connectivity index (χ4v) is 1.41. The second kappa shape index (κ2) is 6.01. The normalized spacial score (nSPS) is 11.6. The monoisotopic (exact) mass is 220 g/mol. The zero-order chi connectivity index (χ0) is 12.0. The summed E-state index contributed by atoms with van der Waals surface area (Å²) in [6.45, 7) is 0. The maximum Gasteiger partial charge on any atom is 0.160 e. The Morgan fingerprint density at radius 3 is 2.56 bits per heavy atom. The molecule has 3 N–H and O–H groups in total. The molecule has 4 heteroatoms. The van der Waals surface area contributed by atoms with Gasteiger partial charge in [0.2, 0.25) is 0 Å². The molecule has 1 atom stereocenters. The van der Waals surface area contributed by atoms with Crippen LogP contribution in [0.5, 0.6) is 11.5 Å². The number of nitrogens with one attached hydrogen (secondary N) is 1. The molecule has 0 spiro atoms. The molecule has 0 aliphatic carbocycles. The van der Waals surface area contributed by atoms with E-state index in [1.807, 2.05) is 18.2 Å². The van der Waals surface area contributed by atoms with E-state index >= 15 is 0 Å². The highest BCUT2D eigenvalue weighted by atomic mass is 16.5. The van der Waals surface area contributed by atoms with Crippen molar-refractivity contribution in [3.05, 3.63) is 23.8 Å². The lowest BCUT2D eigenvalue weighted by Gasteiger charge is -2.12. The van der Waals surface area contributed by atoms with Gasteiger partial charge in [0, 0.05) is 6.42 Å². The number of methoxy groups -OCH3 is 2. The Balaban J connectivity index is 2.87. The van der Waals surface area contributed by atoms with E-state index in [0.717, 1.165) is 5.56 Å². The molecule has 1 rings (SSSR count). The average molecular weight is 220 g/mol. The molecule has 1 aromatic carbocycles. The van der Waals surface area contributed by atoms with Gasteiger partial charge < -0.3 is 9.47 Å². The Labute approximate surface area is 95.7 Å². The Hall–Kier alpha value is -1.70. The van der Waals surface area contributed by atoms with Crippen molar-refractivity contribution in [2.75, 3.05) is 14.2 Å². The molecule has 0 aliphatic rings. The van der Waals surface area contributed by atoms with Gasteiger partial charge in [-0.2, -0.15) is 0 Å². The Bertz CT molecular complexity index is 385. The maximum atomic E-state index is 5.31. The minimum atomic E-state index is -0.182. The van der Waals surface area contributed by atoms with E-state index in [2.05, 4.69) is 11.3 Å². The van der Waals surface area contributed by atoms with Gasteiger partial charge in [0.05, 0.1) is 20.3 Å². The quantitative estimate of drug-likeness (QED) is 0.436. The van der Waals surface area contributed by atoms with E-state index in [1.165, 1.54) is 0 Å². The van der Waals surface area contributed by atoms with Crippen LogP contribution < -0.4 is 20.7 Å². The highest BCUT2D eigenvalue weighted by Crippen LogP contribution is 2.27. The van der Waals surface area contributed by atoms with Gasteiger partial charge in [0.25, 0.3) is 0 Å². The van der Waals surface area contributed by atoms with Gasteiger partial charge in [-0.25, -0.2) is 5.43 Å². The second-order valence-electron chi connectivity index (χ2n) is 3.28. The summed E-state index contributed by atoms with van der Waals surface area (Å²) < 4.78 is 10.3. The van der Waals surface area contributed by atoms with Crippen LogP contribution >= 0.6 is 0 Å². The molecule has 0 saturated heterocycles. The number of terminal acetylenes is 1. The second-order valence-corrected chi connectivity index (χ2v) is 3.28. The van der Waals surface area contributed by atoms with E-state index in [4.69, 9.17) is 21.7 Å². The lowest BCUT2D eigenvalue weighted by molar-refractivity contribution is 0.354. The van der Waals surface area contributed by atoms with Gasteiger partial charge in [-0.1, -0.05) is 12.0 Å². The van der Waals surface area contributed by atoms with Gasteiger partial charge in [-0.15, -0.1) is 6.42 Å². The highest BCUT2D eigenvalue weighted by Gasteiger charge is 2.08. The highest BCUT2D eigenvalue weighted by molar-refractivity contribution is 5.43. The molecule has 16 heavy (non-hydrogen) atoms. The van der Waals surface area contributed by atoms with Crippen molar-refractivity contribution in [1.29, 1.82) is 0 Å². The standard InChI is InChI=1S/C12H16N2O2/c1-4-10(14-13)7-9-5-6-11(15-2)12(8-9)16-3/h1,5-6,8,10,14H,7,13H2,2-3H3. The minimum absolute atomic E-state index is 0.182. The molecular weight excluding hydrogens is 204 g/mol. The first-order valence-corrected chi connectivity index (χ1v) is 4.88. The van der Waals surface area contributed by atoms with Gasteiger partial charge in [-0.05, 0) is 17.7 Å². The van der Waals surface area contributed by atoms with Crippen molar-refractivity contribution >= 4 is 0 Å². The summed E-state index contributed by atoms with van der Waals surface area (Å²) in [5.74, 6) is 9.25. The van der Waals surface area contributed by atoms with Crippen molar-refractivity contribution in [3.63, 3.8) is 0 Å². The van der Waals surface area contributed by atoms with Crippen molar-refractivity contribution in [2.45, 2.75) is 12.5 Å². The topological polar surface area (TPSA) is 56.5 Å². The predicted octanol–water partition coefficient (Wildman–Crippen LogP) is 0.711. The van der Waals surface area contributed by atoms with E-state index in [9.17, 15) is 0 Å². The summed E-state index contributed by atoms with van der Waals surface area (Å²) in [7, 11) is 3.20. The van der Waals surface area contributed by atoms with Gasteiger partial charge >= 0.3 is 0 Å². The zero-order valence-electron chi connectivity index (χ0n) is 9.49. The third-order valence-electron chi connectivity index (χ3n) is 2.29. The van der Waals surface area contributed by atoms with Crippen LogP contribution in [0.15, 0.2) is 18.2 Å². The van der Waals surface area contributed by atoms with E-state index in [-0.39, 0.29) is 6.04 Å². The zero-order valence-corrected chi connectivity index (χ0v) is 9.49. The first kappa shape index (κ1) is 12.4. The first-order chi connectivity index (χ1) is 7.74. The Morgan fingerprint density at radius 1 is 1.38 bits per heavy atom. The molecule has 0 aliphatic heterocycles. The Kier molecular flexibility index (Phi) is 4.65. The third kappa shape index (κ3) is 2.89. The summed E-state index contributed by atoms with van der Waals surface area (Å²) in [6.07, 6.45) is 5.96. The van der Waals surface area contributed by atoms with Crippen LogP contribution in [0.4, 0.5) is 0 Å². The number of hydrogen-bond acceptors (Lipinski definition) is 4. The lowest BCUT2D eigenvalue weighted by Crippen LogP contribution is -2.35. The van der Waals surface area contributed by atoms with Crippen LogP contribution in [0.2, 0.25) is 0 Å². The SMILES string of the molecule is C#CC(Cc1ccc(OC)c(OC)c1)NN. The summed E-state index contributed by atoms with van der Waals surface area (Å²) in [4.78, 5) is 0. The van der Waals surface area contributed by atoms with E-state index < -0.39 is 0 Å². The average Bonchev–Trinajstić information content (AvgIpc) is 2.35. The molecule has 0 heterocycles. The molecule has 1 aromatic rings. The lowest BCUT2D eigenvalue weighted by atomic mass is 10.1. The molecule has 0 saturated carbocycles. The maximum absolute atomic E-state index is 5.31. The van der Waals surface area contributed by atoms with Crippen LogP contribution in [0.3, 0.4) is 0 Å². The molecule has 0 amide bonds. The molecule has 0 fully saturated rings. The van der Waals surface area contributed by atoms with Gasteiger partial charge in [0.1, 0.15) is 0 Å². The number of hydrazine groups is 1. The molecule has 0 bridgehead atoms. The number of benzene rings is 1. The summed E-state index contributed by atoms with van der Waals surface area (Å²) in [6, 6.07) is 5.49. The van der Waals surface area contributed by atoms with Crippen LogP contribution in [-0.4, -0.2) is 20.3 Å². The molecule has 86 valence electrons. The molecule has 0 aromatic heterocycles. The smallest absolute Gasteiger partial charge is 0.160 e. The molecule has 0 radical (unpaired) electrons. The van der Waals surface area contributed by atoms with Crippen LogP contribution in [0, 0.1) is 12.3 Å². The fourth-order valence-electron chi connectivity index (χ4n) is 1.41. The minimum Gasteiger partial charge on any atom is -0.493 e. The van der Waals surface area contributed by atoms with Crippen molar-refractivity contribution < 1.29 is 9.47 Å². The molecule has 1 unspecified atom stereocenters. The molecule has 4 nitrogen and oxygen atoms in total. The number of ether oxygens (including phenoxy) is 2. The summed E-state index contributed by atoms with van der Waals surface area (Å²) in [5, 5.41) is 0. The van der Waals surface area contributed by atoms with Crippen LogP contribution in [0.1, 0.15) is 5.56 Å². The molecular formula is C12H16N2O2. The first-order valence-electron chi connectivity index (χ1n) is 4.88. The van der Waals surface area contributed by atoms with Gasteiger partial charge in [-0.3, -0.25) is 5.84 Å². The number of hydrogen-bond donors (Lipinski definition) is 2. The third-order valence-corrected chi connectivity index (χ3v) is 2.29. The number of rotatable bonds is 5. The van der Waals surface area contributed by atoms with Crippen molar-refractivity contribution in [1.82, 2.24) is 5.43 Å².